The Kier molecular flexibility index (Phi) is 13.9. The van der Waals surface area contributed by atoms with Crippen LogP contribution in [0.15, 0.2) is 60.8 Å². The van der Waals surface area contributed by atoms with Gasteiger partial charge in [0.2, 0.25) is 0 Å². The van der Waals surface area contributed by atoms with Gasteiger partial charge < -0.3 is 34.4 Å². The fraction of sp³-hybridized carbons (Fsp3) is 0.421. The molecule has 1 unspecified atom stereocenters. The molecular weight excluding hydrogens is 426 g/mol. The molecule has 0 spiro atoms. The first-order chi connectivity index (χ1) is 13.5. The Balaban J connectivity index is 0.00000841. The normalized spacial score (nSPS) is 23.4. The number of aliphatic hydroxyl groups is 3. The molecule has 4 N–H and O–H groups in total. The zero-order chi connectivity index (χ0) is 21.9. The van der Waals surface area contributed by atoms with E-state index in [1.165, 1.54) is 43.4 Å². The molecule has 5 atom stereocenters. The van der Waals surface area contributed by atoms with Crippen molar-refractivity contribution in [3.63, 3.8) is 0 Å². The van der Waals surface area contributed by atoms with Crippen molar-refractivity contribution in [3.8, 4) is 0 Å². The van der Waals surface area contributed by atoms with Crippen molar-refractivity contribution >= 4 is 13.8 Å². The molecule has 0 radical (unpaired) electrons. The predicted molar refractivity (Wildman–Crippen MR) is 103 cm³/mol. The van der Waals surface area contributed by atoms with Crippen LogP contribution in [0, 0.1) is 0 Å². The van der Waals surface area contributed by atoms with Crippen LogP contribution in [-0.2, 0) is 18.6 Å². The minimum absolute atomic E-state index is 0. The molecular formula is C19H26NaO9P. The summed E-state index contributed by atoms with van der Waals surface area (Å²) in [6.07, 6.45) is 11.2. The van der Waals surface area contributed by atoms with E-state index in [9.17, 15) is 24.5 Å². The van der Waals surface area contributed by atoms with Crippen molar-refractivity contribution < 1.29 is 73.3 Å². The van der Waals surface area contributed by atoms with Crippen molar-refractivity contribution in [2.24, 2.45) is 0 Å². The molecule has 1 aliphatic rings. The first kappa shape index (κ1) is 29.2. The first-order valence-corrected chi connectivity index (χ1v) is 10.3. The van der Waals surface area contributed by atoms with Crippen molar-refractivity contribution in [3.05, 3.63) is 60.8 Å². The SMILES string of the molecule is C[C@@](O)(C=C[C@H]1CC=CC(=O)O1)[C@@H](C[C@@H](O)/C=C/C=C/C=C/CO)OP(=O)([O-])O.[Na+]. The second-order valence-corrected chi connectivity index (χ2v) is 7.59. The zero-order valence-electron chi connectivity index (χ0n) is 16.9. The molecule has 0 aromatic heterocycles. The summed E-state index contributed by atoms with van der Waals surface area (Å²) in [5.74, 6) is -0.541. The van der Waals surface area contributed by atoms with Crippen LogP contribution in [0.5, 0.6) is 0 Å². The number of ether oxygens (including phenoxy) is 1. The number of carbonyl (C=O) groups excluding carboxylic acids is 1. The third-order valence-electron chi connectivity index (χ3n) is 3.81. The van der Waals surface area contributed by atoms with E-state index < -0.39 is 37.7 Å². The van der Waals surface area contributed by atoms with Crippen LogP contribution in [0.2, 0.25) is 0 Å². The molecule has 1 rings (SSSR count). The van der Waals surface area contributed by atoms with Gasteiger partial charge in [0.25, 0.3) is 7.82 Å². The molecule has 1 aliphatic heterocycles. The summed E-state index contributed by atoms with van der Waals surface area (Å²) in [6.45, 7) is 1.13. The molecule has 1 heterocycles. The molecule has 0 aliphatic carbocycles. The fourth-order valence-corrected chi connectivity index (χ4v) is 2.99. The maximum absolute atomic E-state index is 11.2. The van der Waals surface area contributed by atoms with Gasteiger partial charge in [-0.3, -0.25) is 4.57 Å². The smallest absolute Gasteiger partial charge is 0.756 e. The van der Waals surface area contributed by atoms with E-state index in [0.29, 0.717) is 6.42 Å². The molecule has 0 aromatic carbocycles. The molecule has 30 heavy (non-hydrogen) atoms. The Labute approximate surface area is 197 Å². The molecule has 0 bridgehead atoms. The van der Waals surface area contributed by atoms with E-state index in [-0.39, 0.29) is 42.6 Å². The van der Waals surface area contributed by atoms with E-state index in [1.54, 1.807) is 24.3 Å². The number of phosphoric acid groups is 1. The van der Waals surface area contributed by atoms with Crippen LogP contribution in [0.3, 0.4) is 0 Å². The molecule has 0 aromatic rings. The number of hydrogen-bond donors (Lipinski definition) is 4. The predicted octanol–water partition coefficient (Wildman–Crippen LogP) is -2.57. The Morgan fingerprint density at radius 1 is 1.40 bits per heavy atom. The number of aliphatic hydroxyl groups excluding tert-OH is 2. The summed E-state index contributed by atoms with van der Waals surface area (Å²) in [7, 11) is -5.21. The van der Waals surface area contributed by atoms with Crippen LogP contribution in [0.1, 0.15) is 19.8 Å². The average molecular weight is 452 g/mol. The van der Waals surface area contributed by atoms with E-state index in [2.05, 4.69) is 4.52 Å². The van der Waals surface area contributed by atoms with Gasteiger partial charge in [-0.05, 0) is 13.0 Å². The van der Waals surface area contributed by atoms with Crippen LogP contribution in [-0.4, -0.2) is 56.7 Å². The minimum Gasteiger partial charge on any atom is -0.756 e. The quantitative estimate of drug-likeness (QED) is 0.0870. The van der Waals surface area contributed by atoms with E-state index in [4.69, 9.17) is 14.7 Å². The number of cyclic esters (lactones) is 1. The third-order valence-corrected chi connectivity index (χ3v) is 4.34. The fourth-order valence-electron chi connectivity index (χ4n) is 2.37. The van der Waals surface area contributed by atoms with Gasteiger partial charge in [0.15, 0.2) is 0 Å². The first-order valence-electron chi connectivity index (χ1n) is 8.83. The minimum atomic E-state index is -5.21. The van der Waals surface area contributed by atoms with Crippen molar-refractivity contribution in [1.82, 2.24) is 0 Å². The molecule has 0 saturated heterocycles. The van der Waals surface area contributed by atoms with Crippen molar-refractivity contribution in [2.45, 2.75) is 43.7 Å². The molecule has 162 valence electrons. The summed E-state index contributed by atoms with van der Waals surface area (Å²) >= 11 is 0. The Bertz CT molecular complexity index is 722. The van der Waals surface area contributed by atoms with Crippen LogP contribution in [0.4, 0.5) is 0 Å². The number of phosphoric ester groups is 1. The summed E-state index contributed by atoms with van der Waals surface area (Å²) < 4.78 is 20.8. The Morgan fingerprint density at radius 3 is 2.67 bits per heavy atom. The topological polar surface area (TPSA) is 157 Å². The summed E-state index contributed by atoms with van der Waals surface area (Å²) in [6, 6.07) is 0. The van der Waals surface area contributed by atoms with E-state index >= 15 is 0 Å². The molecule has 0 amide bonds. The molecule has 0 fully saturated rings. The standard InChI is InChI=1S/C19H27O9P.Na/c1-19(23,12-11-16-9-7-10-18(22)27-16)17(28-29(24,25)26)14-15(21)8-5-3-2-4-6-13-20;/h2-8,10-12,15-17,20-21,23H,9,13-14H2,1H3,(H2,24,25,26);/q;+1/p-1/b3-2+,6-4+,8-5+,12-11?;/t15-,16+,17+,19+;/m0./s1. The molecule has 0 saturated carbocycles. The molecule has 9 nitrogen and oxygen atoms in total. The number of hydrogen-bond acceptors (Lipinski definition) is 8. The van der Waals surface area contributed by atoms with Gasteiger partial charge in [-0.2, -0.15) is 0 Å². The van der Waals surface area contributed by atoms with Gasteiger partial charge in [-0.1, -0.05) is 48.6 Å². The maximum Gasteiger partial charge on any atom is 1.00 e. The largest absolute Gasteiger partial charge is 1.00 e. The monoisotopic (exact) mass is 452 g/mol. The average Bonchev–Trinajstić information content (AvgIpc) is 2.61. The van der Waals surface area contributed by atoms with Crippen molar-refractivity contribution in [1.29, 1.82) is 0 Å². The van der Waals surface area contributed by atoms with Gasteiger partial charge in [0.1, 0.15) is 17.8 Å². The zero-order valence-corrected chi connectivity index (χ0v) is 19.8. The van der Waals surface area contributed by atoms with Gasteiger partial charge >= 0.3 is 35.5 Å². The summed E-state index contributed by atoms with van der Waals surface area (Å²) in [5.41, 5.74) is -1.91. The maximum atomic E-state index is 11.2. The Morgan fingerprint density at radius 2 is 2.07 bits per heavy atom. The van der Waals surface area contributed by atoms with Gasteiger partial charge in [0, 0.05) is 18.9 Å². The van der Waals surface area contributed by atoms with Crippen molar-refractivity contribution in [2.75, 3.05) is 6.61 Å². The number of carbonyl (C=O) groups is 1. The van der Waals surface area contributed by atoms with Gasteiger partial charge in [-0.25, -0.2) is 4.79 Å². The van der Waals surface area contributed by atoms with Crippen LogP contribution < -0.4 is 34.5 Å². The number of esters is 1. The van der Waals surface area contributed by atoms with Crippen LogP contribution >= 0.6 is 7.82 Å². The number of allylic oxidation sites excluding steroid dienone is 4. The Hall–Kier alpha value is -0.840. The summed E-state index contributed by atoms with van der Waals surface area (Å²) in [4.78, 5) is 31.5. The third kappa shape index (κ3) is 12.8. The number of rotatable bonds is 11. The van der Waals surface area contributed by atoms with Crippen LogP contribution in [0.25, 0.3) is 0 Å². The second kappa shape index (κ2) is 14.3. The second-order valence-electron chi connectivity index (χ2n) is 6.44. The summed E-state index contributed by atoms with van der Waals surface area (Å²) in [5, 5.41) is 29.3. The van der Waals surface area contributed by atoms with E-state index in [0.717, 1.165) is 0 Å². The van der Waals surface area contributed by atoms with E-state index in [1.807, 2.05) is 0 Å². The molecule has 11 heteroatoms. The van der Waals surface area contributed by atoms with Gasteiger partial charge in [-0.15, -0.1) is 0 Å². The van der Waals surface area contributed by atoms with Gasteiger partial charge in [0.05, 0.1) is 12.7 Å².